The largest absolute Gasteiger partial charge is 0.480 e. The molecule has 0 aromatic heterocycles. The minimum absolute atomic E-state index is 0.0770. The van der Waals surface area contributed by atoms with Crippen molar-refractivity contribution >= 4 is 27.8 Å². The average molecular weight is 304 g/mol. The molecule has 4 atom stereocenters. The number of carboxylic acid groups (broad SMARTS) is 1. The first-order valence-electron chi connectivity index (χ1n) is 6.21. The van der Waals surface area contributed by atoms with Crippen LogP contribution in [0.1, 0.15) is 39.0 Å². The molecule has 17 heavy (non-hydrogen) atoms. The van der Waals surface area contributed by atoms with Gasteiger partial charge in [-0.25, -0.2) is 4.79 Å². The molecule has 1 aliphatic heterocycles. The van der Waals surface area contributed by atoms with Gasteiger partial charge in [-0.05, 0) is 32.1 Å². The summed E-state index contributed by atoms with van der Waals surface area (Å²) in [4.78, 5) is 24.7. The van der Waals surface area contributed by atoms with Crippen LogP contribution in [0.3, 0.4) is 0 Å². The van der Waals surface area contributed by atoms with E-state index in [1.54, 1.807) is 11.8 Å². The van der Waals surface area contributed by atoms with Gasteiger partial charge in [0, 0.05) is 6.04 Å². The Hall–Kier alpha value is -0.580. The number of likely N-dealkylation sites (tertiary alicyclic amines) is 1. The minimum Gasteiger partial charge on any atom is -0.480 e. The van der Waals surface area contributed by atoms with E-state index in [1.165, 1.54) is 6.42 Å². The molecule has 0 radical (unpaired) electrons. The van der Waals surface area contributed by atoms with E-state index in [2.05, 4.69) is 15.9 Å². The number of amides is 1. The molecule has 2 rings (SSSR count). The van der Waals surface area contributed by atoms with Gasteiger partial charge in [-0.3, -0.25) is 4.79 Å². The molecule has 4 nitrogen and oxygen atoms in total. The summed E-state index contributed by atoms with van der Waals surface area (Å²) in [6.45, 7) is 1.76. The number of carboxylic acids is 1. The molecule has 0 bridgehead atoms. The van der Waals surface area contributed by atoms with Gasteiger partial charge in [-0.15, -0.1) is 0 Å². The van der Waals surface area contributed by atoms with Crippen molar-refractivity contribution in [1.82, 2.24) is 4.90 Å². The van der Waals surface area contributed by atoms with Gasteiger partial charge >= 0.3 is 5.97 Å². The molecule has 0 aromatic rings. The van der Waals surface area contributed by atoms with Crippen molar-refractivity contribution in [3.63, 3.8) is 0 Å². The Labute approximate surface area is 109 Å². The fourth-order valence-corrected chi connectivity index (χ4v) is 3.44. The van der Waals surface area contributed by atoms with E-state index >= 15 is 0 Å². The Bertz CT molecular complexity index is 332. The number of rotatable bonds is 2. The first kappa shape index (κ1) is 12.9. The zero-order valence-corrected chi connectivity index (χ0v) is 11.5. The smallest absolute Gasteiger partial charge is 0.326 e. The topological polar surface area (TPSA) is 57.6 Å². The summed E-state index contributed by atoms with van der Waals surface area (Å²) in [6.07, 6.45) is 4.92. The lowest BCUT2D eigenvalue weighted by molar-refractivity contribution is -0.149. The van der Waals surface area contributed by atoms with Gasteiger partial charge in [0.05, 0.1) is 4.83 Å². The summed E-state index contributed by atoms with van der Waals surface area (Å²) in [6, 6.07) is -0.465. The van der Waals surface area contributed by atoms with Gasteiger partial charge in [-0.1, -0.05) is 28.8 Å². The molecule has 2 fully saturated rings. The first-order valence-corrected chi connectivity index (χ1v) is 7.13. The lowest BCUT2D eigenvalue weighted by atomic mass is 9.84. The molecule has 1 amide bonds. The number of halogens is 1. The second-order valence-electron chi connectivity index (χ2n) is 5.06. The molecule has 1 aliphatic carbocycles. The van der Waals surface area contributed by atoms with Crippen LogP contribution in [-0.2, 0) is 9.59 Å². The average Bonchev–Trinajstić information content (AvgIpc) is 2.67. The van der Waals surface area contributed by atoms with Crippen LogP contribution in [0.2, 0.25) is 0 Å². The van der Waals surface area contributed by atoms with E-state index in [0.717, 1.165) is 19.3 Å². The van der Waals surface area contributed by atoms with Crippen molar-refractivity contribution in [2.75, 3.05) is 0 Å². The maximum Gasteiger partial charge on any atom is 0.326 e. The van der Waals surface area contributed by atoms with E-state index in [0.29, 0.717) is 12.3 Å². The van der Waals surface area contributed by atoms with Crippen LogP contribution in [0, 0.1) is 5.92 Å². The number of fused-ring (bicyclic) bond motifs is 1. The first-order chi connectivity index (χ1) is 8.02. The van der Waals surface area contributed by atoms with E-state index in [9.17, 15) is 14.7 Å². The minimum atomic E-state index is -0.860. The molecule has 1 saturated heterocycles. The van der Waals surface area contributed by atoms with Crippen LogP contribution < -0.4 is 0 Å². The third-order valence-electron chi connectivity index (χ3n) is 3.97. The van der Waals surface area contributed by atoms with E-state index in [4.69, 9.17) is 0 Å². The summed E-state index contributed by atoms with van der Waals surface area (Å²) in [5.74, 6) is -0.548. The van der Waals surface area contributed by atoms with Gasteiger partial charge in [0.1, 0.15) is 6.04 Å². The van der Waals surface area contributed by atoms with Gasteiger partial charge in [0.25, 0.3) is 0 Å². The van der Waals surface area contributed by atoms with Gasteiger partial charge < -0.3 is 10.0 Å². The molecule has 2 aliphatic rings. The summed E-state index contributed by atoms with van der Waals surface area (Å²) in [5, 5.41) is 9.25. The number of nitrogens with zero attached hydrogens (tertiary/aromatic N) is 1. The molecule has 4 unspecified atom stereocenters. The van der Waals surface area contributed by atoms with Crippen LogP contribution in [0.5, 0.6) is 0 Å². The maximum atomic E-state index is 12.1. The predicted octanol–water partition coefficient (Wildman–Crippen LogP) is 2.01. The molecule has 1 heterocycles. The van der Waals surface area contributed by atoms with Crippen LogP contribution >= 0.6 is 15.9 Å². The summed E-state index contributed by atoms with van der Waals surface area (Å²) >= 11 is 3.26. The fourth-order valence-electron chi connectivity index (χ4n) is 3.20. The lowest BCUT2D eigenvalue weighted by Gasteiger charge is -2.33. The maximum absolute atomic E-state index is 12.1. The number of carbonyl (C=O) groups is 2. The number of alkyl halides is 1. The third-order valence-corrected chi connectivity index (χ3v) is 4.36. The van der Waals surface area contributed by atoms with E-state index in [-0.39, 0.29) is 16.8 Å². The molecule has 96 valence electrons. The summed E-state index contributed by atoms with van der Waals surface area (Å²) in [7, 11) is 0. The van der Waals surface area contributed by atoms with Crippen molar-refractivity contribution < 1.29 is 14.7 Å². The number of hydrogen-bond acceptors (Lipinski definition) is 2. The SMILES string of the molecule is CC(Br)C(=O)N1C(C(=O)O)CC2CCCCC21. The van der Waals surface area contributed by atoms with E-state index in [1.807, 2.05) is 0 Å². The second-order valence-corrected chi connectivity index (χ2v) is 6.44. The number of aliphatic carboxylic acids is 1. The second kappa shape index (κ2) is 4.96. The van der Waals surface area contributed by atoms with Crippen molar-refractivity contribution in [3.05, 3.63) is 0 Å². The standard InChI is InChI=1S/C12H18BrNO3/c1-7(13)11(15)14-9-5-3-2-4-8(9)6-10(14)12(16)17/h7-10H,2-6H2,1H3,(H,16,17). The molecule has 1 saturated carbocycles. The third kappa shape index (κ3) is 2.34. The monoisotopic (exact) mass is 303 g/mol. The normalized spacial score (nSPS) is 34.2. The molecule has 0 spiro atoms. The van der Waals surface area contributed by atoms with Crippen LogP contribution in [0.25, 0.3) is 0 Å². The van der Waals surface area contributed by atoms with Crippen molar-refractivity contribution in [2.45, 2.75) is 55.9 Å². The van der Waals surface area contributed by atoms with E-state index < -0.39 is 12.0 Å². The van der Waals surface area contributed by atoms with Crippen molar-refractivity contribution in [3.8, 4) is 0 Å². The highest BCUT2D eigenvalue weighted by Crippen LogP contribution is 2.40. The van der Waals surface area contributed by atoms with Crippen LogP contribution in [-0.4, -0.2) is 38.8 Å². The zero-order chi connectivity index (χ0) is 12.6. The number of carbonyl (C=O) groups excluding carboxylic acids is 1. The molecular weight excluding hydrogens is 286 g/mol. The summed E-state index contributed by atoms with van der Waals surface area (Å²) < 4.78 is 0. The quantitative estimate of drug-likeness (QED) is 0.794. The fraction of sp³-hybridized carbons (Fsp3) is 0.833. The molecular formula is C12H18BrNO3. The molecule has 1 N–H and O–H groups in total. The summed E-state index contributed by atoms with van der Waals surface area (Å²) in [5.41, 5.74) is 0. The van der Waals surface area contributed by atoms with Gasteiger partial charge in [0.2, 0.25) is 5.91 Å². The predicted molar refractivity (Wildman–Crippen MR) is 67.0 cm³/mol. The van der Waals surface area contributed by atoms with Crippen LogP contribution in [0.4, 0.5) is 0 Å². The van der Waals surface area contributed by atoms with Crippen molar-refractivity contribution in [1.29, 1.82) is 0 Å². The Morgan fingerprint density at radius 2 is 2.00 bits per heavy atom. The molecule has 0 aromatic carbocycles. The highest BCUT2D eigenvalue weighted by Gasteiger charge is 2.47. The lowest BCUT2D eigenvalue weighted by Crippen LogP contribution is -2.48. The van der Waals surface area contributed by atoms with Crippen molar-refractivity contribution in [2.24, 2.45) is 5.92 Å². The Balaban J connectivity index is 2.23. The van der Waals surface area contributed by atoms with Gasteiger partial charge in [0.15, 0.2) is 0 Å². The zero-order valence-electron chi connectivity index (χ0n) is 9.93. The van der Waals surface area contributed by atoms with Crippen LogP contribution in [0.15, 0.2) is 0 Å². The Morgan fingerprint density at radius 1 is 1.35 bits per heavy atom. The highest BCUT2D eigenvalue weighted by molar-refractivity contribution is 9.10. The van der Waals surface area contributed by atoms with Gasteiger partial charge in [-0.2, -0.15) is 0 Å². The molecule has 5 heteroatoms. The number of hydrogen-bond donors (Lipinski definition) is 1. The Morgan fingerprint density at radius 3 is 2.59 bits per heavy atom. The highest BCUT2D eigenvalue weighted by atomic mass is 79.9. The Kier molecular flexibility index (Phi) is 3.76.